The number of hydrogen-bond donors (Lipinski definition) is 1. The predicted molar refractivity (Wildman–Crippen MR) is 73.8 cm³/mol. The van der Waals surface area contributed by atoms with Gasteiger partial charge in [0.2, 0.25) is 0 Å². The number of rotatable bonds is 5. The van der Waals surface area contributed by atoms with Gasteiger partial charge in [0, 0.05) is 12.1 Å². The van der Waals surface area contributed by atoms with E-state index in [4.69, 9.17) is 4.42 Å². The first-order valence-corrected chi connectivity index (χ1v) is 6.42. The van der Waals surface area contributed by atoms with Gasteiger partial charge in [-0.25, -0.2) is 8.78 Å². The number of carbonyl (C=O) groups is 1. The second kappa shape index (κ2) is 6.49. The lowest BCUT2D eigenvalue weighted by molar-refractivity contribution is 0.0938. The summed E-state index contributed by atoms with van der Waals surface area (Å²) >= 11 is 0. The maximum atomic E-state index is 13.1. The van der Waals surface area contributed by atoms with Crippen LogP contribution in [0.5, 0.6) is 0 Å². The molecule has 0 saturated heterocycles. The molecular weight excluding hydrogens is 278 g/mol. The SMILES string of the molecule is CN(C)[C@H](CNC(=O)c1ccc(F)c(F)c1)c1ccco1. The lowest BCUT2D eigenvalue weighted by atomic mass is 10.1. The zero-order valence-corrected chi connectivity index (χ0v) is 11.8. The van der Waals surface area contributed by atoms with Gasteiger partial charge >= 0.3 is 0 Å². The lowest BCUT2D eigenvalue weighted by Crippen LogP contribution is -2.34. The zero-order chi connectivity index (χ0) is 15.4. The Morgan fingerprint density at radius 3 is 2.62 bits per heavy atom. The van der Waals surface area contributed by atoms with Crippen molar-refractivity contribution in [3.63, 3.8) is 0 Å². The molecular formula is C15H16F2N2O2. The van der Waals surface area contributed by atoms with Crippen molar-refractivity contribution in [2.45, 2.75) is 6.04 Å². The van der Waals surface area contributed by atoms with Crippen LogP contribution in [0.2, 0.25) is 0 Å². The number of nitrogens with zero attached hydrogens (tertiary/aromatic N) is 1. The molecule has 1 aromatic heterocycles. The molecule has 0 aliphatic heterocycles. The summed E-state index contributed by atoms with van der Waals surface area (Å²) < 4.78 is 31.3. The standard InChI is InChI=1S/C15H16F2N2O2/c1-19(2)13(14-4-3-7-21-14)9-18-15(20)10-5-6-11(16)12(17)8-10/h3-8,13H,9H2,1-2H3,(H,18,20)/t13-/m1/s1. The van der Waals surface area contributed by atoms with E-state index in [0.29, 0.717) is 12.3 Å². The Hall–Kier alpha value is -2.21. The maximum Gasteiger partial charge on any atom is 0.251 e. The van der Waals surface area contributed by atoms with E-state index in [0.717, 1.165) is 12.1 Å². The fourth-order valence-electron chi connectivity index (χ4n) is 1.95. The smallest absolute Gasteiger partial charge is 0.251 e. The molecule has 1 atom stereocenters. The summed E-state index contributed by atoms with van der Waals surface area (Å²) in [6, 6.07) is 6.49. The third kappa shape index (κ3) is 3.66. The minimum atomic E-state index is -1.04. The molecule has 0 unspecified atom stereocenters. The fourth-order valence-corrected chi connectivity index (χ4v) is 1.95. The number of likely N-dealkylation sites (N-methyl/N-ethyl adjacent to an activating group) is 1. The van der Waals surface area contributed by atoms with E-state index in [9.17, 15) is 13.6 Å². The van der Waals surface area contributed by atoms with Crippen LogP contribution in [0.4, 0.5) is 8.78 Å². The highest BCUT2D eigenvalue weighted by Gasteiger charge is 2.18. The summed E-state index contributed by atoms with van der Waals surface area (Å²) in [7, 11) is 3.72. The van der Waals surface area contributed by atoms with Gasteiger partial charge in [-0.2, -0.15) is 0 Å². The molecule has 6 heteroatoms. The maximum absolute atomic E-state index is 13.1. The van der Waals surface area contributed by atoms with Crippen LogP contribution in [0.15, 0.2) is 41.0 Å². The molecule has 1 N–H and O–H groups in total. The number of carbonyl (C=O) groups excluding carboxylic acids is 1. The van der Waals surface area contributed by atoms with E-state index < -0.39 is 17.5 Å². The van der Waals surface area contributed by atoms with Crippen LogP contribution in [-0.4, -0.2) is 31.4 Å². The number of amides is 1. The van der Waals surface area contributed by atoms with Crippen molar-refractivity contribution in [2.75, 3.05) is 20.6 Å². The number of nitrogens with one attached hydrogen (secondary N) is 1. The number of halogens is 2. The van der Waals surface area contributed by atoms with Crippen molar-refractivity contribution >= 4 is 5.91 Å². The molecule has 0 bridgehead atoms. The van der Waals surface area contributed by atoms with Gasteiger partial charge in [0.25, 0.3) is 5.91 Å². The molecule has 0 radical (unpaired) electrons. The van der Waals surface area contributed by atoms with Gasteiger partial charge in [0.1, 0.15) is 5.76 Å². The summed E-state index contributed by atoms with van der Waals surface area (Å²) in [6.45, 7) is 0.290. The summed E-state index contributed by atoms with van der Waals surface area (Å²) in [5, 5.41) is 2.69. The van der Waals surface area contributed by atoms with E-state index in [1.807, 2.05) is 25.1 Å². The molecule has 0 aliphatic rings. The Balaban J connectivity index is 2.03. The molecule has 1 amide bonds. The highest BCUT2D eigenvalue weighted by atomic mass is 19.2. The Morgan fingerprint density at radius 2 is 2.05 bits per heavy atom. The van der Waals surface area contributed by atoms with E-state index in [1.54, 1.807) is 12.3 Å². The average Bonchev–Trinajstić information content (AvgIpc) is 2.95. The third-order valence-electron chi connectivity index (χ3n) is 3.13. The van der Waals surface area contributed by atoms with Crippen molar-refractivity contribution in [3.05, 3.63) is 59.6 Å². The minimum Gasteiger partial charge on any atom is -0.468 e. The first-order valence-electron chi connectivity index (χ1n) is 6.42. The van der Waals surface area contributed by atoms with Gasteiger partial charge in [-0.1, -0.05) is 0 Å². The molecule has 112 valence electrons. The zero-order valence-electron chi connectivity index (χ0n) is 11.8. The van der Waals surface area contributed by atoms with Gasteiger partial charge in [-0.05, 0) is 44.4 Å². The topological polar surface area (TPSA) is 45.5 Å². The van der Waals surface area contributed by atoms with Crippen molar-refractivity contribution in [2.24, 2.45) is 0 Å². The Labute approximate surface area is 121 Å². The largest absolute Gasteiger partial charge is 0.468 e. The predicted octanol–water partition coefficient (Wildman–Crippen LogP) is 2.59. The van der Waals surface area contributed by atoms with E-state index in [2.05, 4.69) is 5.32 Å². The van der Waals surface area contributed by atoms with E-state index in [-0.39, 0.29) is 11.6 Å². The number of furan rings is 1. The minimum absolute atomic E-state index is 0.0749. The monoisotopic (exact) mass is 294 g/mol. The van der Waals surface area contributed by atoms with Gasteiger partial charge in [-0.15, -0.1) is 0 Å². The van der Waals surface area contributed by atoms with Crippen LogP contribution >= 0.6 is 0 Å². The summed E-state index contributed by atoms with van der Waals surface area (Å²) in [6.07, 6.45) is 1.56. The number of hydrogen-bond acceptors (Lipinski definition) is 3. The van der Waals surface area contributed by atoms with Crippen LogP contribution < -0.4 is 5.32 Å². The quantitative estimate of drug-likeness (QED) is 0.922. The van der Waals surface area contributed by atoms with Crippen LogP contribution in [0.25, 0.3) is 0 Å². The van der Waals surface area contributed by atoms with Crippen molar-refractivity contribution in [1.82, 2.24) is 10.2 Å². The summed E-state index contributed by atoms with van der Waals surface area (Å²) in [5.41, 5.74) is 0.0749. The molecule has 0 aliphatic carbocycles. The van der Waals surface area contributed by atoms with Crippen LogP contribution in [0, 0.1) is 11.6 Å². The van der Waals surface area contributed by atoms with Gasteiger partial charge < -0.3 is 9.73 Å². The Morgan fingerprint density at radius 1 is 1.29 bits per heavy atom. The van der Waals surface area contributed by atoms with Crippen LogP contribution in [0.1, 0.15) is 22.2 Å². The Bertz CT molecular complexity index is 612. The van der Waals surface area contributed by atoms with E-state index >= 15 is 0 Å². The van der Waals surface area contributed by atoms with Crippen molar-refractivity contribution in [1.29, 1.82) is 0 Å². The third-order valence-corrected chi connectivity index (χ3v) is 3.13. The molecule has 1 heterocycles. The highest BCUT2D eigenvalue weighted by Crippen LogP contribution is 2.17. The normalized spacial score (nSPS) is 12.4. The molecule has 2 aromatic rings. The molecule has 4 nitrogen and oxygen atoms in total. The molecule has 2 rings (SSSR count). The fraction of sp³-hybridized carbons (Fsp3) is 0.267. The first kappa shape index (κ1) is 15.2. The summed E-state index contributed by atoms with van der Waals surface area (Å²) in [4.78, 5) is 13.8. The second-order valence-corrected chi connectivity index (χ2v) is 4.83. The van der Waals surface area contributed by atoms with E-state index in [1.165, 1.54) is 6.07 Å². The second-order valence-electron chi connectivity index (χ2n) is 4.83. The molecule has 0 spiro atoms. The molecule has 1 aromatic carbocycles. The Kier molecular flexibility index (Phi) is 4.70. The van der Waals surface area contributed by atoms with Gasteiger partial charge in [-0.3, -0.25) is 9.69 Å². The first-order chi connectivity index (χ1) is 9.99. The van der Waals surface area contributed by atoms with Crippen molar-refractivity contribution in [3.8, 4) is 0 Å². The molecule has 0 saturated carbocycles. The number of benzene rings is 1. The van der Waals surface area contributed by atoms with Crippen LogP contribution in [0.3, 0.4) is 0 Å². The van der Waals surface area contributed by atoms with Gasteiger partial charge in [0.15, 0.2) is 11.6 Å². The van der Waals surface area contributed by atoms with Crippen LogP contribution in [-0.2, 0) is 0 Å². The lowest BCUT2D eigenvalue weighted by Gasteiger charge is -2.22. The van der Waals surface area contributed by atoms with Crippen molar-refractivity contribution < 1.29 is 18.0 Å². The summed E-state index contributed by atoms with van der Waals surface area (Å²) in [5.74, 6) is -1.77. The molecule has 21 heavy (non-hydrogen) atoms. The average molecular weight is 294 g/mol. The van der Waals surface area contributed by atoms with Gasteiger partial charge in [0.05, 0.1) is 12.3 Å². The molecule has 0 fully saturated rings. The highest BCUT2D eigenvalue weighted by molar-refractivity contribution is 5.94.